The Morgan fingerprint density at radius 1 is 1.37 bits per heavy atom. The van der Waals surface area contributed by atoms with Crippen LogP contribution >= 0.6 is 11.6 Å². The molecule has 19 heavy (non-hydrogen) atoms. The highest BCUT2D eigenvalue weighted by Crippen LogP contribution is 2.22. The van der Waals surface area contributed by atoms with Crippen LogP contribution in [0, 0.1) is 5.82 Å². The Labute approximate surface area is 113 Å². The van der Waals surface area contributed by atoms with Gasteiger partial charge in [-0.15, -0.1) is 0 Å². The molecule has 0 N–H and O–H groups in total. The fraction of sp³-hybridized carbons (Fsp3) is 0.154. The monoisotopic (exact) mass is 284 g/mol. The minimum Gasteiger partial charge on any atom is -0.486 e. The summed E-state index contributed by atoms with van der Waals surface area (Å²) in [6.07, 6.45) is 0. The van der Waals surface area contributed by atoms with Crippen LogP contribution in [0.3, 0.4) is 0 Å². The minimum atomic E-state index is -0.559. The average molecular weight is 285 g/mol. The van der Waals surface area contributed by atoms with E-state index in [1.54, 1.807) is 6.07 Å². The Bertz CT molecular complexity index is 594. The zero-order valence-electron chi connectivity index (χ0n) is 9.98. The summed E-state index contributed by atoms with van der Waals surface area (Å²) < 4.78 is 28.0. The first-order valence-electron chi connectivity index (χ1n) is 5.35. The van der Waals surface area contributed by atoms with Crippen molar-refractivity contribution < 1.29 is 23.1 Å². The Balaban J connectivity index is 2.00. The highest BCUT2D eigenvalue weighted by atomic mass is 35.5. The molecular formula is C13H10ClFO4. The summed E-state index contributed by atoms with van der Waals surface area (Å²) in [4.78, 5) is 11.2. The van der Waals surface area contributed by atoms with Crippen LogP contribution < -0.4 is 4.74 Å². The molecule has 6 heteroatoms. The zero-order valence-corrected chi connectivity index (χ0v) is 10.7. The van der Waals surface area contributed by atoms with Crippen molar-refractivity contribution in [2.45, 2.75) is 6.61 Å². The van der Waals surface area contributed by atoms with Gasteiger partial charge in [0.25, 0.3) is 0 Å². The quantitative estimate of drug-likeness (QED) is 0.807. The largest absolute Gasteiger partial charge is 0.486 e. The number of methoxy groups -OCH3 is 1. The Morgan fingerprint density at radius 3 is 2.84 bits per heavy atom. The lowest BCUT2D eigenvalue weighted by Crippen LogP contribution is -1.99. The van der Waals surface area contributed by atoms with Gasteiger partial charge < -0.3 is 13.9 Å². The second kappa shape index (κ2) is 5.75. The molecular weight excluding hydrogens is 275 g/mol. The van der Waals surface area contributed by atoms with Crippen molar-refractivity contribution in [1.82, 2.24) is 0 Å². The first kappa shape index (κ1) is 13.4. The summed E-state index contributed by atoms with van der Waals surface area (Å²) >= 11 is 5.62. The van der Waals surface area contributed by atoms with E-state index < -0.39 is 11.8 Å². The van der Waals surface area contributed by atoms with E-state index >= 15 is 0 Å². The molecule has 0 atom stereocenters. The number of rotatable bonds is 4. The number of benzene rings is 1. The average Bonchev–Trinajstić information content (AvgIpc) is 2.88. The maximum absolute atomic E-state index is 12.9. The van der Waals surface area contributed by atoms with Crippen molar-refractivity contribution in [1.29, 1.82) is 0 Å². The van der Waals surface area contributed by atoms with Gasteiger partial charge >= 0.3 is 5.97 Å². The predicted octanol–water partition coefficient (Wildman–Crippen LogP) is 3.44. The number of carbonyl (C=O) groups excluding carboxylic acids is 1. The van der Waals surface area contributed by atoms with Gasteiger partial charge in [-0.1, -0.05) is 11.6 Å². The molecule has 0 aliphatic rings. The SMILES string of the molecule is COC(=O)c1ccc(COc2ccc(F)c(Cl)c2)o1. The molecule has 0 spiro atoms. The normalized spacial score (nSPS) is 10.3. The molecule has 1 aromatic carbocycles. The van der Waals surface area contributed by atoms with Gasteiger partial charge in [-0.25, -0.2) is 9.18 Å². The number of esters is 1. The van der Waals surface area contributed by atoms with E-state index in [1.807, 2.05) is 0 Å². The number of ether oxygens (including phenoxy) is 2. The fourth-order valence-corrected chi connectivity index (χ4v) is 1.56. The van der Waals surface area contributed by atoms with Gasteiger partial charge in [0.05, 0.1) is 12.1 Å². The van der Waals surface area contributed by atoms with Gasteiger partial charge in [-0.05, 0) is 24.3 Å². The summed E-state index contributed by atoms with van der Waals surface area (Å²) in [7, 11) is 1.27. The lowest BCUT2D eigenvalue weighted by molar-refractivity contribution is 0.0561. The first-order valence-corrected chi connectivity index (χ1v) is 5.73. The predicted molar refractivity (Wildman–Crippen MR) is 65.8 cm³/mol. The molecule has 100 valence electrons. The zero-order chi connectivity index (χ0) is 13.8. The third-order valence-corrected chi connectivity index (χ3v) is 2.61. The third-order valence-electron chi connectivity index (χ3n) is 2.32. The van der Waals surface area contributed by atoms with E-state index in [1.165, 1.54) is 31.4 Å². The molecule has 0 bridgehead atoms. The number of halogens is 2. The van der Waals surface area contributed by atoms with Crippen molar-refractivity contribution in [3.8, 4) is 5.75 Å². The molecule has 0 aliphatic heterocycles. The van der Waals surface area contributed by atoms with Crippen LogP contribution in [0.1, 0.15) is 16.3 Å². The first-order chi connectivity index (χ1) is 9.10. The van der Waals surface area contributed by atoms with E-state index in [9.17, 15) is 9.18 Å². The maximum atomic E-state index is 12.9. The second-order valence-electron chi connectivity index (χ2n) is 3.62. The summed E-state index contributed by atoms with van der Waals surface area (Å²) in [5.41, 5.74) is 0. The smallest absolute Gasteiger partial charge is 0.373 e. The van der Waals surface area contributed by atoms with Crippen LogP contribution in [0.5, 0.6) is 5.75 Å². The molecule has 1 aromatic heterocycles. The molecule has 2 aromatic rings. The highest BCUT2D eigenvalue weighted by molar-refractivity contribution is 6.30. The topological polar surface area (TPSA) is 48.7 Å². The highest BCUT2D eigenvalue weighted by Gasteiger charge is 2.11. The lowest BCUT2D eigenvalue weighted by Gasteiger charge is -2.04. The third kappa shape index (κ3) is 3.26. The Morgan fingerprint density at radius 2 is 2.16 bits per heavy atom. The van der Waals surface area contributed by atoms with Gasteiger partial charge in [0.2, 0.25) is 5.76 Å². The van der Waals surface area contributed by atoms with Gasteiger partial charge in [-0.3, -0.25) is 0 Å². The molecule has 2 rings (SSSR count). The minimum absolute atomic E-state index is 0.0211. The molecule has 0 saturated carbocycles. The summed E-state index contributed by atoms with van der Waals surface area (Å²) in [5.74, 6) is -0.127. The van der Waals surface area contributed by atoms with E-state index in [0.717, 1.165) is 0 Å². The van der Waals surface area contributed by atoms with Gasteiger partial charge in [0.1, 0.15) is 23.9 Å². The van der Waals surface area contributed by atoms with E-state index in [-0.39, 0.29) is 17.4 Å². The number of hydrogen-bond donors (Lipinski definition) is 0. The van der Waals surface area contributed by atoms with Crippen molar-refractivity contribution in [2.75, 3.05) is 7.11 Å². The Hall–Kier alpha value is -2.01. The van der Waals surface area contributed by atoms with Crippen molar-refractivity contribution in [3.05, 3.63) is 52.7 Å². The molecule has 1 heterocycles. The van der Waals surface area contributed by atoms with Crippen LogP contribution in [0.25, 0.3) is 0 Å². The Kier molecular flexibility index (Phi) is 4.06. The van der Waals surface area contributed by atoms with Crippen LogP contribution in [-0.2, 0) is 11.3 Å². The van der Waals surface area contributed by atoms with E-state index in [2.05, 4.69) is 4.74 Å². The number of furan rings is 1. The molecule has 0 fully saturated rings. The van der Waals surface area contributed by atoms with E-state index in [0.29, 0.717) is 11.5 Å². The lowest BCUT2D eigenvalue weighted by atomic mass is 10.3. The molecule has 4 nitrogen and oxygen atoms in total. The van der Waals surface area contributed by atoms with Crippen molar-refractivity contribution in [3.63, 3.8) is 0 Å². The molecule has 0 saturated heterocycles. The number of carbonyl (C=O) groups is 1. The fourth-order valence-electron chi connectivity index (χ4n) is 1.39. The van der Waals surface area contributed by atoms with E-state index in [4.69, 9.17) is 20.8 Å². The molecule has 0 aliphatic carbocycles. The standard InChI is InChI=1S/C13H10ClFO4/c1-17-13(16)12-5-3-9(19-12)7-18-8-2-4-11(15)10(14)6-8/h2-6H,7H2,1H3. The molecule has 0 amide bonds. The molecule has 0 radical (unpaired) electrons. The van der Waals surface area contributed by atoms with Gasteiger partial charge in [-0.2, -0.15) is 0 Å². The van der Waals surface area contributed by atoms with Crippen LogP contribution in [0.4, 0.5) is 4.39 Å². The second-order valence-corrected chi connectivity index (χ2v) is 4.03. The summed E-state index contributed by atoms with van der Waals surface area (Å²) in [6.45, 7) is 0.0962. The number of hydrogen-bond acceptors (Lipinski definition) is 4. The van der Waals surface area contributed by atoms with Crippen molar-refractivity contribution in [2.24, 2.45) is 0 Å². The summed E-state index contributed by atoms with van der Waals surface area (Å²) in [5, 5.41) is -0.0211. The maximum Gasteiger partial charge on any atom is 0.373 e. The van der Waals surface area contributed by atoms with Crippen LogP contribution in [0.2, 0.25) is 5.02 Å². The van der Waals surface area contributed by atoms with Gasteiger partial charge in [0.15, 0.2) is 0 Å². The van der Waals surface area contributed by atoms with Crippen LogP contribution in [-0.4, -0.2) is 13.1 Å². The summed E-state index contributed by atoms with van der Waals surface area (Å²) in [6, 6.07) is 7.10. The van der Waals surface area contributed by atoms with Crippen molar-refractivity contribution >= 4 is 17.6 Å². The van der Waals surface area contributed by atoms with Crippen LogP contribution in [0.15, 0.2) is 34.7 Å². The van der Waals surface area contributed by atoms with Gasteiger partial charge in [0, 0.05) is 6.07 Å². The molecule has 0 unspecified atom stereocenters.